The molecule has 4 N–H and O–H groups in total. The van der Waals surface area contributed by atoms with Crippen molar-refractivity contribution in [2.24, 2.45) is 10.2 Å². The minimum absolute atomic E-state index is 0. The summed E-state index contributed by atoms with van der Waals surface area (Å²) in [6.45, 7) is 2.20. The largest absolute Gasteiger partial charge is 0.505 e. The van der Waals surface area contributed by atoms with Crippen molar-refractivity contribution in [2.45, 2.75) is 68.1 Å². The van der Waals surface area contributed by atoms with Crippen molar-refractivity contribution >= 4 is 125 Å². The molecule has 1 heterocycles. The van der Waals surface area contributed by atoms with Gasteiger partial charge in [-0.2, -0.15) is 36.9 Å². The summed E-state index contributed by atoms with van der Waals surface area (Å²) in [5.41, 5.74) is 0.578. The second-order valence-electron chi connectivity index (χ2n) is 11.6. The number of anilines is 2. The summed E-state index contributed by atoms with van der Waals surface area (Å²) in [4.78, 5) is 10.7. The fraction of sp³-hybridized carbons (Fsp3) is 0.265. The summed E-state index contributed by atoms with van der Waals surface area (Å²) in [7, 11) is -9.92. The third-order valence-corrected chi connectivity index (χ3v) is 9.62. The van der Waals surface area contributed by atoms with E-state index in [2.05, 4.69) is 37.4 Å². The van der Waals surface area contributed by atoms with E-state index in [0.29, 0.717) is 11.4 Å². The van der Waals surface area contributed by atoms with E-state index in [1.165, 1.54) is 38.5 Å². The Morgan fingerprint density at radius 2 is 1.45 bits per heavy atom. The van der Waals surface area contributed by atoms with Crippen LogP contribution < -0.4 is 10.1 Å². The van der Waals surface area contributed by atoms with Gasteiger partial charge in [0.25, 0.3) is 20.2 Å². The number of aromatic hydroxyl groups is 1. The molecule has 0 aliphatic carbocycles. The van der Waals surface area contributed by atoms with Gasteiger partial charge in [0.05, 0.1) is 16.3 Å². The summed E-state index contributed by atoms with van der Waals surface area (Å²) in [5, 5.41) is 21.2. The summed E-state index contributed by atoms with van der Waals surface area (Å²) in [6.07, 6.45) is 9.44. The van der Waals surface area contributed by atoms with Crippen LogP contribution in [0.1, 0.15) is 57.4 Å². The molecule has 19 heteroatoms. The van der Waals surface area contributed by atoms with Crippen LogP contribution in [0.25, 0.3) is 10.8 Å². The molecule has 53 heavy (non-hydrogen) atoms. The van der Waals surface area contributed by atoms with E-state index in [9.17, 15) is 31.0 Å². The van der Waals surface area contributed by atoms with E-state index in [1.54, 1.807) is 42.5 Å². The number of unbranched alkanes of at least 4 members (excludes halogenated alkanes) is 6. The molecule has 2 radical (unpaired) electrons. The molecule has 0 amide bonds. The van der Waals surface area contributed by atoms with Gasteiger partial charge in [0.2, 0.25) is 11.2 Å². The molecule has 0 atom stereocenters. The van der Waals surface area contributed by atoms with Crippen molar-refractivity contribution in [2.75, 3.05) is 5.32 Å². The smallest absolute Gasteiger partial charge is 0.328 e. The number of phenolic OH excluding ortho intramolecular Hbond substituents is 1. The van der Waals surface area contributed by atoms with Gasteiger partial charge in [-0.1, -0.05) is 75.8 Å². The van der Waals surface area contributed by atoms with Gasteiger partial charge in [-0.05, 0) is 77.9 Å². The Kier molecular flexibility index (Phi) is 17.1. The van der Waals surface area contributed by atoms with E-state index >= 15 is 0 Å². The topological polar surface area (TPSA) is 214 Å². The predicted molar refractivity (Wildman–Crippen MR) is 204 cm³/mol. The van der Waals surface area contributed by atoms with E-state index in [1.807, 2.05) is 12.1 Å². The quantitative estimate of drug-likeness (QED) is 0.0321. The normalized spacial score (nSPS) is 11.6. The Hall–Kier alpha value is -2.74. The standard InChI is InChI=1S/C34H35ClN6O8S2.2Na/c1-2-3-4-5-6-7-9-12-22-15-17-25(18-16-22)49-34-38-32(35)37-33(39-34)36-27-21-26(50(43,44)45)19-23-20-28(51(46,47)48)30(31(42)29(23)27)41-40-24-13-10-8-11-14-24;;/h8,10-11,13-21,42H,2-7,9,12H2,1H3,(H,43,44,45)(H,46,47,48)(H,36,37,38,39);;. The van der Waals surface area contributed by atoms with Crippen LogP contribution in [-0.2, 0) is 26.7 Å². The molecule has 0 unspecified atom stereocenters. The maximum atomic E-state index is 12.4. The molecule has 1 aromatic heterocycles. The number of hydrogen-bond donors (Lipinski definition) is 4. The first kappa shape index (κ1) is 44.7. The molecule has 0 saturated carbocycles. The number of nitrogens with one attached hydrogen (secondary N) is 1. The molecule has 0 aliphatic rings. The molecule has 0 bridgehead atoms. The fourth-order valence-electron chi connectivity index (χ4n) is 5.27. The van der Waals surface area contributed by atoms with E-state index in [-0.39, 0.29) is 92.8 Å². The van der Waals surface area contributed by atoms with Gasteiger partial charge in [-0.25, -0.2) is 0 Å². The maximum absolute atomic E-state index is 12.4. The molecule has 270 valence electrons. The second-order valence-corrected chi connectivity index (χ2v) is 14.7. The third kappa shape index (κ3) is 12.7. The zero-order chi connectivity index (χ0) is 36.6. The predicted octanol–water partition coefficient (Wildman–Crippen LogP) is 8.36. The average Bonchev–Trinajstić information content (AvgIpc) is 3.07. The van der Waals surface area contributed by atoms with Crippen LogP contribution in [-0.4, -0.2) is 105 Å². The van der Waals surface area contributed by atoms with Gasteiger partial charge in [-0.15, -0.1) is 5.11 Å². The zero-order valence-corrected chi connectivity index (χ0v) is 35.8. The average molecular weight is 801 g/mol. The number of benzene rings is 4. The molecule has 4 aromatic carbocycles. The van der Waals surface area contributed by atoms with Crippen LogP contribution in [0.2, 0.25) is 5.28 Å². The van der Waals surface area contributed by atoms with Gasteiger partial charge in [-0.3, -0.25) is 9.11 Å². The van der Waals surface area contributed by atoms with Crippen LogP contribution in [0.4, 0.5) is 23.0 Å². The number of rotatable bonds is 16. The van der Waals surface area contributed by atoms with Crippen LogP contribution in [0.3, 0.4) is 0 Å². The number of aromatic nitrogens is 3. The van der Waals surface area contributed by atoms with Crippen molar-refractivity contribution in [3.8, 4) is 17.5 Å². The summed E-state index contributed by atoms with van der Waals surface area (Å²) in [6, 6.07) is 18.1. The minimum atomic E-state index is -5.04. The number of azo groups is 1. The minimum Gasteiger partial charge on any atom is -0.505 e. The van der Waals surface area contributed by atoms with Gasteiger partial charge in [0.1, 0.15) is 16.3 Å². The third-order valence-electron chi connectivity index (χ3n) is 7.76. The number of hydrogen-bond acceptors (Lipinski definition) is 12. The Bertz CT molecular complexity index is 2270. The molecule has 14 nitrogen and oxygen atoms in total. The summed E-state index contributed by atoms with van der Waals surface area (Å²) < 4.78 is 74.8. The second kappa shape index (κ2) is 20.3. The number of ether oxygens (including phenoxy) is 1. The van der Waals surface area contributed by atoms with Crippen molar-refractivity contribution in [3.63, 3.8) is 0 Å². The van der Waals surface area contributed by atoms with E-state index < -0.39 is 41.5 Å². The van der Waals surface area contributed by atoms with Crippen LogP contribution in [0.5, 0.6) is 17.5 Å². The van der Waals surface area contributed by atoms with Gasteiger partial charge < -0.3 is 15.2 Å². The van der Waals surface area contributed by atoms with Gasteiger partial charge in [0.15, 0.2) is 5.75 Å². The van der Waals surface area contributed by atoms with Crippen molar-refractivity contribution in [1.29, 1.82) is 0 Å². The SMILES string of the molecule is CCCCCCCCCc1ccc(Oc2nc(Cl)nc(Nc3cc(S(=O)(=O)O)cc4cc(S(=O)(=O)O)c(N=Nc5ccccc5)c(O)c34)n2)cc1.[Na].[Na]. The summed E-state index contributed by atoms with van der Waals surface area (Å²) in [5.74, 6) is -0.661. The number of phenols is 1. The van der Waals surface area contributed by atoms with Gasteiger partial charge >= 0.3 is 6.01 Å². The number of halogens is 1. The first-order valence-corrected chi connectivity index (χ1v) is 19.3. The Morgan fingerprint density at radius 3 is 2.09 bits per heavy atom. The van der Waals surface area contributed by atoms with Crippen LogP contribution in [0, 0.1) is 0 Å². The first-order chi connectivity index (χ1) is 24.3. The molecular weight excluding hydrogens is 766 g/mol. The van der Waals surface area contributed by atoms with E-state index in [4.69, 9.17) is 16.3 Å². The zero-order valence-electron chi connectivity index (χ0n) is 29.4. The molecule has 0 aliphatic heterocycles. The molecule has 0 fully saturated rings. The van der Waals surface area contributed by atoms with Gasteiger partial charge in [0, 0.05) is 64.5 Å². The monoisotopic (exact) mass is 800 g/mol. The molecule has 5 aromatic rings. The van der Waals surface area contributed by atoms with E-state index in [0.717, 1.165) is 36.6 Å². The number of fused-ring (bicyclic) bond motifs is 1. The Labute approximate surface area is 357 Å². The molecular formula is C34H35ClN6Na2O8S2. The Morgan fingerprint density at radius 1 is 0.792 bits per heavy atom. The van der Waals surface area contributed by atoms with Crippen molar-refractivity contribution < 1.29 is 35.8 Å². The van der Waals surface area contributed by atoms with Crippen molar-refractivity contribution in [3.05, 3.63) is 83.6 Å². The molecule has 5 rings (SSSR count). The maximum Gasteiger partial charge on any atom is 0.328 e. The molecule has 0 saturated heterocycles. The van der Waals surface area contributed by atoms with Crippen LogP contribution >= 0.6 is 11.6 Å². The first-order valence-electron chi connectivity index (χ1n) is 16.0. The van der Waals surface area contributed by atoms with Crippen LogP contribution in [0.15, 0.2) is 92.8 Å². The number of nitrogens with zero attached hydrogens (tertiary/aromatic N) is 5. The Balaban J connectivity index is 0.00000378. The van der Waals surface area contributed by atoms with Crippen molar-refractivity contribution in [1.82, 2.24) is 15.0 Å². The summed E-state index contributed by atoms with van der Waals surface area (Å²) >= 11 is 6.18. The fourth-order valence-corrected chi connectivity index (χ4v) is 6.63. The molecule has 0 spiro atoms. The number of aryl methyl sites for hydroxylation is 1.